The Balaban J connectivity index is 1.59. The zero-order chi connectivity index (χ0) is 18.4. The van der Waals surface area contributed by atoms with Crippen LogP contribution in [-0.4, -0.2) is 31.3 Å². The van der Waals surface area contributed by atoms with E-state index in [1.54, 1.807) is 49.6 Å². The molecule has 0 bridgehead atoms. The standard InChI is InChI=1S/C19H19NO5S/c1-23-14-6-8-15(9-7-14)25-12-18(21)20-13-19(22,16-4-2-10-24-16)17-5-3-11-26-17/h2-11,22H,12-13H2,1H3,(H,20,21). The quantitative estimate of drug-likeness (QED) is 0.635. The summed E-state index contributed by atoms with van der Waals surface area (Å²) < 4.78 is 15.9. The first-order chi connectivity index (χ1) is 12.6. The molecule has 1 atom stereocenters. The third-order valence-electron chi connectivity index (χ3n) is 3.83. The van der Waals surface area contributed by atoms with Crippen LogP contribution in [0.2, 0.25) is 0 Å². The zero-order valence-electron chi connectivity index (χ0n) is 14.2. The van der Waals surface area contributed by atoms with Crippen molar-refractivity contribution in [2.24, 2.45) is 0 Å². The monoisotopic (exact) mass is 373 g/mol. The maximum atomic E-state index is 12.1. The Morgan fingerprint density at radius 1 is 1.19 bits per heavy atom. The highest BCUT2D eigenvalue weighted by atomic mass is 32.1. The molecule has 6 nitrogen and oxygen atoms in total. The minimum Gasteiger partial charge on any atom is -0.497 e. The number of nitrogens with one attached hydrogen (secondary N) is 1. The lowest BCUT2D eigenvalue weighted by atomic mass is 9.98. The van der Waals surface area contributed by atoms with E-state index < -0.39 is 5.60 Å². The fourth-order valence-corrected chi connectivity index (χ4v) is 3.25. The summed E-state index contributed by atoms with van der Waals surface area (Å²) in [6.07, 6.45) is 1.49. The van der Waals surface area contributed by atoms with E-state index in [1.165, 1.54) is 17.6 Å². The molecule has 0 aliphatic rings. The highest BCUT2D eigenvalue weighted by molar-refractivity contribution is 7.10. The Kier molecular flexibility index (Phi) is 5.60. The van der Waals surface area contributed by atoms with Gasteiger partial charge >= 0.3 is 0 Å². The molecule has 0 fully saturated rings. The third kappa shape index (κ3) is 4.07. The Morgan fingerprint density at radius 2 is 1.96 bits per heavy atom. The molecular weight excluding hydrogens is 354 g/mol. The largest absolute Gasteiger partial charge is 0.497 e. The van der Waals surface area contributed by atoms with Gasteiger partial charge in [0.05, 0.1) is 19.9 Å². The number of benzene rings is 1. The van der Waals surface area contributed by atoms with Gasteiger partial charge in [0.15, 0.2) is 12.2 Å². The van der Waals surface area contributed by atoms with Gasteiger partial charge in [-0.15, -0.1) is 11.3 Å². The van der Waals surface area contributed by atoms with Gasteiger partial charge in [-0.25, -0.2) is 0 Å². The predicted molar refractivity (Wildman–Crippen MR) is 97.5 cm³/mol. The molecule has 1 unspecified atom stereocenters. The van der Waals surface area contributed by atoms with Crippen LogP contribution in [0.25, 0.3) is 0 Å². The zero-order valence-corrected chi connectivity index (χ0v) is 15.0. The first-order valence-corrected chi connectivity index (χ1v) is 8.83. The summed E-state index contributed by atoms with van der Waals surface area (Å²) in [4.78, 5) is 12.8. The molecule has 2 aromatic heterocycles. The van der Waals surface area contributed by atoms with Crippen molar-refractivity contribution in [2.75, 3.05) is 20.3 Å². The Hall–Kier alpha value is -2.77. The first kappa shape index (κ1) is 18.0. The van der Waals surface area contributed by atoms with Gasteiger partial charge in [-0.05, 0) is 47.8 Å². The molecule has 0 aliphatic heterocycles. The first-order valence-electron chi connectivity index (χ1n) is 7.96. The van der Waals surface area contributed by atoms with Crippen molar-refractivity contribution < 1.29 is 23.8 Å². The van der Waals surface area contributed by atoms with Crippen molar-refractivity contribution in [2.45, 2.75) is 5.60 Å². The summed E-state index contributed by atoms with van der Waals surface area (Å²) in [5.74, 6) is 1.29. The summed E-state index contributed by atoms with van der Waals surface area (Å²) in [6.45, 7) is -0.184. The molecule has 0 saturated heterocycles. The van der Waals surface area contributed by atoms with E-state index in [0.717, 1.165) is 0 Å². The SMILES string of the molecule is COc1ccc(OCC(=O)NCC(O)(c2ccco2)c2cccs2)cc1. The molecule has 3 aromatic rings. The van der Waals surface area contributed by atoms with Gasteiger partial charge in [0.25, 0.3) is 5.91 Å². The van der Waals surface area contributed by atoms with Gasteiger partial charge in [-0.3, -0.25) is 4.79 Å². The highest BCUT2D eigenvalue weighted by Gasteiger charge is 2.36. The third-order valence-corrected chi connectivity index (χ3v) is 4.85. The number of carbonyl (C=O) groups is 1. The number of furan rings is 1. The van der Waals surface area contributed by atoms with Gasteiger partial charge in [0.2, 0.25) is 0 Å². The van der Waals surface area contributed by atoms with Crippen molar-refractivity contribution in [3.05, 3.63) is 70.8 Å². The number of hydrogen-bond acceptors (Lipinski definition) is 6. The highest BCUT2D eigenvalue weighted by Crippen LogP contribution is 2.32. The molecule has 3 rings (SSSR count). The Labute approximate surface area is 155 Å². The maximum Gasteiger partial charge on any atom is 0.258 e. The van der Waals surface area contributed by atoms with Crippen molar-refractivity contribution in [3.8, 4) is 11.5 Å². The number of ether oxygens (including phenoxy) is 2. The number of carbonyl (C=O) groups excluding carboxylic acids is 1. The fraction of sp³-hybridized carbons (Fsp3) is 0.211. The van der Waals surface area contributed by atoms with E-state index in [1.807, 2.05) is 11.4 Å². The molecule has 1 amide bonds. The van der Waals surface area contributed by atoms with E-state index >= 15 is 0 Å². The van der Waals surface area contributed by atoms with Gasteiger partial charge in [-0.2, -0.15) is 0 Å². The summed E-state index contributed by atoms with van der Waals surface area (Å²) >= 11 is 1.39. The summed E-state index contributed by atoms with van der Waals surface area (Å²) in [5, 5.41) is 15.6. The van der Waals surface area contributed by atoms with E-state index in [-0.39, 0.29) is 19.1 Å². The summed E-state index contributed by atoms with van der Waals surface area (Å²) in [5.41, 5.74) is -1.42. The summed E-state index contributed by atoms with van der Waals surface area (Å²) in [6, 6.07) is 13.9. The van der Waals surface area contributed by atoms with Crippen LogP contribution in [-0.2, 0) is 10.4 Å². The molecule has 136 valence electrons. The molecule has 1 aromatic carbocycles. The van der Waals surface area contributed by atoms with Gasteiger partial charge in [0, 0.05) is 4.88 Å². The van der Waals surface area contributed by atoms with Crippen LogP contribution in [0.3, 0.4) is 0 Å². The van der Waals surface area contributed by atoms with Gasteiger partial charge in [0.1, 0.15) is 17.3 Å². The molecule has 26 heavy (non-hydrogen) atoms. The fourth-order valence-electron chi connectivity index (χ4n) is 2.42. The lowest BCUT2D eigenvalue weighted by Gasteiger charge is -2.25. The van der Waals surface area contributed by atoms with Crippen LogP contribution in [0, 0.1) is 0 Å². The van der Waals surface area contributed by atoms with Crippen molar-refractivity contribution in [1.82, 2.24) is 5.32 Å². The lowest BCUT2D eigenvalue weighted by molar-refractivity contribution is -0.124. The maximum absolute atomic E-state index is 12.1. The van der Waals surface area contributed by atoms with Crippen molar-refractivity contribution in [1.29, 1.82) is 0 Å². The van der Waals surface area contributed by atoms with Crippen molar-refractivity contribution in [3.63, 3.8) is 0 Å². The number of rotatable bonds is 8. The molecule has 0 saturated carbocycles. The van der Waals surface area contributed by atoms with Crippen LogP contribution < -0.4 is 14.8 Å². The van der Waals surface area contributed by atoms with Crippen LogP contribution in [0.15, 0.2) is 64.6 Å². The smallest absolute Gasteiger partial charge is 0.258 e. The van der Waals surface area contributed by atoms with Crippen LogP contribution in [0.5, 0.6) is 11.5 Å². The average Bonchev–Trinajstić information content (AvgIpc) is 3.39. The Bertz CT molecular complexity index is 778. The predicted octanol–water partition coefficient (Wildman–Crippen LogP) is 2.78. The molecule has 2 heterocycles. The van der Waals surface area contributed by atoms with Gasteiger partial charge < -0.3 is 24.3 Å². The van der Waals surface area contributed by atoms with Crippen LogP contribution in [0.4, 0.5) is 0 Å². The van der Waals surface area contributed by atoms with Crippen molar-refractivity contribution >= 4 is 17.2 Å². The van der Waals surface area contributed by atoms with Crippen LogP contribution >= 0.6 is 11.3 Å². The number of amides is 1. The number of hydrogen-bond donors (Lipinski definition) is 2. The lowest BCUT2D eigenvalue weighted by Crippen LogP contribution is -2.42. The summed E-state index contributed by atoms with van der Waals surface area (Å²) in [7, 11) is 1.58. The Morgan fingerprint density at radius 3 is 2.58 bits per heavy atom. The molecule has 2 N–H and O–H groups in total. The molecule has 0 radical (unpaired) electrons. The number of thiophene rings is 1. The van der Waals surface area contributed by atoms with E-state index in [2.05, 4.69) is 5.32 Å². The molecule has 0 aliphatic carbocycles. The van der Waals surface area contributed by atoms with E-state index in [0.29, 0.717) is 22.1 Å². The second kappa shape index (κ2) is 8.07. The second-order valence-corrected chi connectivity index (χ2v) is 6.50. The molecule has 7 heteroatoms. The normalized spacial score (nSPS) is 13.0. The van der Waals surface area contributed by atoms with Crippen LogP contribution in [0.1, 0.15) is 10.6 Å². The second-order valence-electron chi connectivity index (χ2n) is 5.56. The van der Waals surface area contributed by atoms with E-state index in [9.17, 15) is 9.90 Å². The number of aliphatic hydroxyl groups is 1. The minimum atomic E-state index is -1.42. The minimum absolute atomic E-state index is 0.0220. The average molecular weight is 373 g/mol. The van der Waals surface area contributed by atoms with E-state index in [4.69, 9.17) is 13.9 Å². The molecule has 0 spiro atoms. The number of methoxy groups -OCH3 is 1. The topological polar surface area (TPSA) is 80.9 Å². The van der Waals surface area contributed by atoms with Gasteiger partial charge in [-0.1, -0.05) is 6.07 Å². The molecular formula is C19H19NO5S.